The topological polar surface area (TPSA) is 75.7 Å². The average molecular weight is 431 g/mol. The first-order chi connectivity index (χ1) is 14.3. The lowest BCUT2D eigenvalue weighted by Gasteiger charge is -2.20. The van der Waals surface area contributed by atoms with Gasteiger partial charge in [-0.1, -0.05) is 18.9 Å². The van der Waals surface area contributed by atoms with Gasteiger partial charge in [0.2, 0.25) is 0 Å². The lowest BCUT2D eigenvalue weighted by molar-refractivity contribution is -0.133. The van der Waals surface area contributed by atoms with E-state index in [2.05, 4.69) is 4.72 Å². The molecule has 0 aliphatic carbocycles. The van der Waals surface area contributed by atoms with Crippen molar-refractivity contribution >= 4 is 21.6 Å². The number of nitrogens with one attached hydrogen (secondary N) is 1. The van der Waals surface area contributed by atoms with Crippen LogP contribution in [0, 0.1) is 20.8 Å². The SMILES string of the molecule is Cc1ccc(NS(=O)(=O)c2ccc(OCC(=O)N3CCCCCC3)c(C)c2)cc1C. The Kier molecular flexibility index (Phi) is 7.02. The van der Waals surface area contributed by atoms with Crippen molar-refractivity contribution in [3.8, 4) is 5.75 Å². The van der Waals surface area contributed by atoms with E-state index < -0.39 is 10.0 Å². The van der Waals surface area contributed by atoms with E-state index in [0.29, 0.717) is 17.0 Å². The minimum Gasteiger partial charge on any atom is -0.483 e. The number of nitrogens with zero attached hydrogens (tertiary/aromatic N) is 1. The van der Waals surface area contributed by atoms with E-state index in [1.165, 1.54) is 6.07 Å². The van der Waals surface area contributed by atoms with Crippen molar-refractivity contribution < 1.29 is 17.9 Å². The summed E-state index contributed by atoms with van der Waals surface area (Å²) >= 11 is 0. The monoisotopic (exact) mass is 430 g/mol. The molecule has 1 saturated heterocycles. The van der Waals surface area contributed by atoms with Crippen molar-refractivity contribution in [1.82, 2.24) is 4.90 Å². The zero-order valence-electron chi connectivity index (χ0n) is 17.9. The molecule has 0 bridgehead atoms. The second-order valence-electron chi connectivity index (χ2n) is 7.92. The van der Waals surface area contributed by atoms with E-state index in [9.17, 15) is 13.2 Å². The van der Waals surface area contributed by atoms with Crippen LogP contribution in [0.5, 0.6) is 5.75 Å². The van der Waals surface area contributed by atoms with Gasteiger partial charge in [0.15, 0.2) is 6.61 Å². The van der Waals surface area contributed by atoms with Crippen LogP contribution in [0.25, 0.3) is 0 Å². The Hall–Kier alpha value is -2.54. The van der Waals surface area contributed by atoms with Crippen molar-refractivity contribution in [3.05, 3.63) is 53.1 Å². The highest BCUT2D eigenvalue weighted by atomic mass is 32.2. The number of hydrogen-bond donors (Lipinski definition) is 1. The number of likely N-dealkylation sites (tertiary alicyclic amines) is 1. The predicted molar refractivity (Wildman–Crippen MR) is 118 cm³/mol. The number of benzene rings is 2. The Morgan fingerprint density at radius 1 is 0.933 bits per heavy atom. The third kappa shape index (κ3) is 5.53. The van der Waals surface area contributed by atoms with Crippen molar-refractivity contribution in [2.45, 2.75) is 51.3 Å². The first-order valence-corrected chi connectivity index (χ1v) is 11.9. The van der Waals surface area contributed by atoms with Gasteiger partial charge in [0.05, 0.1) is 4.90 Å². The molecule has 1 N–H and O–H groups in total. The van der Waals surface area contributed by atoms with Crippen LogP contribution < -0.4 is 9.46 Å². The molecular formula is C23H30N2O4S. The molecule has 0 saturated carbocycles. The third-order valence-electron chi connectivity index (χ3n) is 5.53. The number of hydrogen-bond acceptors (Lipinski definition) is 4. The molecule has 0 spiro atoms. The fourth-order valence-corrected chi connectivity index (χ4v) is 4.66. The molecule has 2 aromatic rings. The molecule has 0 unspecified atom stereocenters. The van der Waals surface area contributed by atoms with E-state index in [0.717, 1.165) is 49.9 Å². The molecular weight excluding hydrogens is 400 g/mol. The Morgan fingerprint density at radius 3 is 2.27 bits per heavy atom. The lowest BCUT2D eigenvalue weighted by Crippen LogP contribution is -2.35. The summed E-state index contributed by atoms with van der Waals surface area (Å²) in [6.45, 7) is 7.23. The molecule has 0 aromatic heterocycles. The van der Waals surface area contributed by atoms with E-state index in [-0.39, 0.29) is 17.4 Å². The summed E-state index contributed by atoms with van der Waals surface area (Å²) < 4.78 is 33.8. The fraction of sp³-hybridized carbons (Fsp3) is 0.435. The number of anilines is 1. The first kappa shape index (κ1) is 22.2. The molecule has 162 valence electrons. The Morgan fingerprint density at radius 2 is 1.63 bits per heavy atom. The molecule has 6 nitrogen and oxygen atoms in total. The van der Waals surface area contributed by atoms with Crippen LogP contribution in [0.4, 0.5) is 5.69 Å². The molecule has 2 aromatic carbocycles. The maximum Gasteiger partial charge on any atom is 0.261 e. The zero-order chi connectivity index (χ0) is 21.7. The van der Waals surface area contributed by atoms with Crippen molar-refractivity contribution in [3.63, 3.8) is 0 Å². The van der Waals surface area contributed by atoms with E-state index in [1.54, 1.807) is 25.1 Å². The first-order valence-electron chi connectivity index (χ1n) is 10.4. The highest BCUT2D eigenvalue weighted by Gasteiger charge is 2.18. The van der Waals surface area contributed by atoms with Gasteiger partial charge in [0.25, 0.3) is 15.9 Å². The van der Waals surface area contributed by atoms with Crippen molar-refractivity contribution in [2.75, 3.05) is 24.4 Å². The molecule has 1 fully saturated rings. The summed E-state index contributed by atoms with van der Waals surface area (Å²) in [6, 6.07) is 10.1. The van der Waals surface area contributed by atoms with Gasteiger partial charge < -0.3 is 9.64 Å². The standard InChI is InChI=1S/C23H30N2O4S/c1-17-8-9-20(14-18(17)2)24-30(27,28)21-10-11-22(19(3)15-21)29-16-23(26)25-12-6-4-5-7-13-25/h8-11,14-15,24H,4-7,12-13,16H2,1-3H3. The number of carbonyl (C=O) groups excluding carboxylic acids is 1. The molecule has 7 heteroatoms. The summed E-state index contributed by atoms with van der Waals surface area (Å²) in [7, 11) is -3.72. The summed E-state index contributed by atoms with van der Waals surface area (Å²) in [6.07, 6.45) is 4.39. The highest BCUT2D eigenvalue weighted by Crippen LogP contribution is 2.24. The van der Waals surface area contributed by atoms with Gasteiger partial charge >= 0.3 is 0 Å². The second-order valence-corrected chi connectivity index (χ2v) is 9.60. The summed E-state index contributed by atoms with van der Waals surface area (Å²) in [4.78, 5) is 14.4. The van der Waals surface area contributed by atoms with Crippen LogP contribution in [0.2, 0.25) is 0 Å². The van der Waals surface area contributed by atoms with Crippen LogP contribution in [0.3, 0.4) is 0 Å². The van der Waals surface area contributed by atoms with Gasteiger partial charge in [-0.2, -0.15) is 0 Å². The minimum absolute atomic E-state index is 0.0237. The smallest absolute Gasteiger partial charge is 0.261 e. The molecule has 1 amide bonds. The molecule has 0 atom stereocenters. The summed E-state index contributed by atoms with van der Waals surface area (Å²) in [5.74, 6) is 0.493. The zero-order valence-corrected chi connectivity index (χ0v) is 18.7. The third-order valence-corrected chi connectivity index (χ3v) is 6.90. The fourth-order valence-electron chi connectivity index (χ4n) is 3.52. The van der Waals surface area contributed by atoms with Gasteiger partial charge in [0, 0.05) is 18.8 Å². The quantitative estimate of drug-likeness (QED) is 0.745. The molecule has 3 rings (SSSR count). The van der Waals surface area contributed by atoms with E-state index >= 15 is 0 Å². The van der Waals surface area contributed by atoms with Crippen LogP contribution >= 0.6 is 0 Å². The summed E-state index contributed by atoms with van der Waals surface area (Å²) in [5, 5.41) is 0. The summed E-state index contributed by atoms with van der Waals surface area (Å²) in [5.41, 5.74) is 3.31. The Balaban J connectivity index is 1.66. The molecule has 1 aliphatic rings. The predicted octanol–water partition coefficient (Wildman–Crippen LogP) is 4.19. The van der Waals surface area contributed by atoms with Crippen molar-refractivity contribution in [1.29, 1.82) is 0 Å². The highest BCUT2D eigenvalue weighted by molar-refractivity contribution is 7.92. The second kappa shape index (κ2) is 9.51. The molecule has 0 radical (unpaired) electrons. The van der Waals surface area contributed by atoms with Gasteiger partial charge in [-0.25, -0.2) is 8.42 Å². The van der Waals surface area contributed by atoms with Crippen LogP contribution in [-0.2, 0) is 14.8 Å². The number of sulfonamides is 1. The Labute approximate surface area is 179 Å². The lowest BCUT2D eigenvalue weighted by atomic mass is 10.1. The number of aryl methyl sites for hydroxylation is 3. The number of carbonyl (C=O) groups is 1. The Bertz CT molecular complexity index is 1010. The van der Waals surface area contributed by atoms with Gasteiger partial charge in [-0.15, -0.1) is 0 Å². The minimum atomic E-state index is -3.72. The molecule has 1 aliphatic heterocycles. The number of rotatable bonds is 6. The van der Waals surface area contributed by atoms with Gasteiger partial charge in [0.1, 0.15) is 5.75 Å². The van der Waals surface area contributed by atoms with E-state index in [4.69, 9.17) is 4.74 Å². The van der Waals surface area contributed by atoms with Gasteiger partial charge in [-0.05, 0) is 80.6 Å². The number of amides is 1. The maximum absolute atomic E-state index is 12.8. The average Bonchev–Trinajstić information content (AvgIpc) is 2.99. The van der Waals surface area contributed by atoms with Crippen molar-refractivity contribution in [2.24, 2.45) is 0 Å². The maximum atomic E-state index is 12.8. The normalized spacial score (nSPS) is 14.8. The molecule has 30 heavy (non-hydrogen) atoms. The number of ether oxygens (including phenoxy) is 1. The van der Waals surface area contributed by atoms with Crippen LogP contribution in [0.1, 0.15) is 42.4 Å². The van der Waals surface area contributed by atoms with Gasteiger partial charge in [-0.3, -0.25) is 9.52 Å². The van der Waals surface area contributed by atoms with Crippen LogP contribution in [0.15, 0.2) is 41.3 Å². The largest absolute Gasteiger partial charge is 0.483 e. The van der Waals surface area contributed by atoms with E-state index in [1.807, 2.05) is 30.9 Å². The molecule has 1 heterocycles. The van der Waals surface area contributed by atoms with Crippen LogP contribution in [-0.4, -0.2) is 38.9 Å².